The van der Waals surface area contributed by atoms with Crippen LogP contribution in [0, 0.1) is 0 Å². The largest absolute Gasteiger partial charge is 0.342 e. The van der Waals surface area contributed by atoms with Crippen molar-refractivity contribution in [3.05, 3.63) is 105 Å². The second-order valence-corrected chi connectivity index (χ2v) is 10.0. The Morgan fingerprint density at radius 2 is 1.58 bits per heavy atom. The minimum atomic E-state index is -0.495. The molecule has 0 bridgehead atoms. The Labute approximate surface area is 221 Å². The molecule has 0 radical (unpaired) electrons. The lowest BCUT2D eigenvalue weighted by molar-refractivity contribution is -0.127. The molecule has 1 fully saturated rings. The van der Waals surface area contributed by atoms with Crippen LogP contribution >= 0.6 is 35.0 Å². The highest BCUT2D eigenvalue weighted by Crippen LogP contribution is 2.34. The number of carbonyl (C=O) groups excluding carboxylic acids is 3. The number of carbonyl (C=O) groups is 3. The monoisotopic (exact) mass is 535 g/mol. The van der Waals surface area contributed by atoms with Crippen LogP contribution in [0.2, 0.25) is 10.0 Å². The fraction of sp³-hybridized carbons (Fsp3) is 0.0741. The van der Waals surface area contributed by atoms with Crippen LogP contribution in [0.4, 0.5) is 10.5 Å². The van der Waals surface area contributed by atoms with E-state index >= 15 is 0 Å². The number of hydrogen-bond acceptors (Lipinski definition) is 4. The summed E-state index contributed by atoms with van der Waals surface area (Å²) in [4.78, 5) is 39.3. The summed E-state index contributed by atoms with van der Waals surface area (Å²) in [6, 6.07) is 22.1. The maximum atomic E-state index is 13.0. The van der Waals surface area contributed by atoms with Gasteiger partial charge in [-0.2, -0.15) is 0 Å². The maximum Gasteiger partial charge on any atom is 0.294 e. The first-order chi connectivity index (χ1) is 17.4. The summed E-state index contributed by atoms with van der Waals surface area (Å²) in [7, 11) is 0. The fourth-order valence-corrected chi connectivity index (χ4v) is 5.04. The molecule has 36 heavy (non-hydrogen) atoms. The molecule has 1 N–H and O–H groups in total. The molecule has 1 aliphatic heterocycles. The quantitative estimate of drug-likeness (QED) is 0.280. The van der Waals surface area contributed by atoms with E-state index in [0.29, 0.717) is 22.3 Å². The van der Waals surface area contributed by atoms with Crippen molar-refractivity contribution in [2.75, 3.05) is 11.9 Å². The van der Waals surface area contributed by atoms with Crippen molar-refractivity contribution in [3.63, 3.8) is 0 Å². The third-order valence-electron chi connectivity index (χ3n) is 5.68. The number of fused-ring (bicyclic) bond motifs is 1. The van der Waals surface area contributed by atoms with Gasteiger partial charge in [0.25, 0.3) is 11.1 Å². The van der Waals surface area contributed by atoms with Gasteiger partial charge in [0.1, 0.15) is 6.54 Å². The van der Waals surface area contributed by atoms with Gasteiger partial charge >= 0.3 is 0 Å². The van der Waals surface area contributed by atoms with E-state index in [-0.39, 0.29) is 11.4 Å². The summed E-state index contributed by atoms with van der Waals surface area (Å²) >= 11 is 12.7. The van der Waals surface area contributed by atoms with Gasteiger partial charge in [0.15, 0.2) is 0 Å². The predicted octanol–water partition coefficient (Wildman–Crippen LogP) is 6.67. The summed E-state index contributed by atoms with van der Waals surface area (Å²) in [5.41, 5.74) is 3.43. The summed E-state index contributed by atoms with van der Waals surface area (Å²) < 4.78 is 2.09. The summed E-state index contributed by atoms with van der Waals surface area (Å²) in [5.74, 6) is -0.966. The summed E-state index contributed by atoms with van der Waals surface area (Å²) in [6.45, 7) is 0.251. The van der Waals surface area contributed by atoms with E-state index in [2.05, 4.69) is 9.88 Å². The molecule has 0 saturated carbocycles. The van der Waals surface area contributed by atoms with Gasteiger partial charge in [-0.1, -0.05) is 53.5 Å². The standard InChI is InChI=1S/C27H19Cl2N3O3S/c28-19-7-5-17(6-8-19)14-31-15-18(22-3-1-2-4-23(22)31)13-24-26(34)32(27(35)36-24)16-25(33)30-21-11-9-20(29)10-12-21/h1-13,15H,14,16H2,(H,30,33)/b24-13-. The molecule has 1 aliphatic rings. The highest BCUT2D eigenvalue weighted by molar-refractivity contribution is 8.18. The van der Waals surface area contributed by atoms with Crippen molar-refractivity contribution in [2.45, 2.75) is 6.54 Å². The van der Waals surface area contributed by atoms with Crippen molar-refractivity contribution in [1.29, 1.82) is 0 Å². The molecule has 180 valence electrons. The lowest BCUT2D eigenvalue weighted by Crippen LogP contribution is -2.36. The molecule has 5 rings (SSSR count). The average molecular weight is 536 g/mol. The molecule has 0 aliphatic carbocycles. The van der Waals surface area contributed by atoms with Crippen LogP contribution in [-0.2, 0) is 16.1 Å². The minimum Gasteiger partial charge on any atom is -0.342 e. The van der Waals surface area contributed by atoms with Gasteiger partial charge in [0, 0.05) is 44.9 Å². The number of nitrogens with zero attached hydrogens (tertiary/aromatic N) is 2. The van der Waals surface area contributed by atoms with Crippen molar-refractivity contribution < 1.29 is 14.4 Å². The number of para-hydroxylation sites is 1. The third kappa shape index (κ3) is 5.18. The Balaban J connectivity index is 1.36. The van der Waals surface area contributed by atoms with Crippen molar-refractivity contribution >= 4 is 74.7 Å². The molecule has 2 heterocycles. The molecule has 9 heteroatoms. The topological polar surface area (TPSA) is 71.4 Å². The number of anilines is 1. The molecule has 0 spiro atoms. The molecule has 0 unspecified atom stereocenters. The van der Waals surface area contributed by atoms with E-state index < -0.39 is 17.1 Å². The first kappa shape index (κ1) is 24.2. The number of amides is 3. The second kappa shape index (κ2) is 10.2. The number of benzene rings is 3. The average Bonchev–Trinajstić information content (AvgIpc) is 3.34. The van der Waals surface area contributed by atoms with E-state index in [4.69, 9.17) is 23.2 Å². The van der Waals surface area contributed by atoms with Crippen molar-refractivity contribution in [2.24, 2.45) is 0 Å². The van der Waals surface area contributed by atoms with Gasteiger partial charge in [-0.3, -0.25) is 19.3 Å². The van der Waals surface area contributed by atoms with Crippen molar-refractivity contribution in [1.82, 2.24) is 9.47 Å². The van der Waals surface area contributed by atoms with Gasteiger partial charge in [-0.15, -0.1) is 0 Å². The molecule has 1 saturated heterocycles. The lowest BCUT2D eigenvalue weighted by Gasteiger charge is -2.12. The van der Waals surface area contributed by atoms with Gasteiger partial charge in [-0.05, 0) is 65.9 Å². The predicted molar refractivity (Wildman–Crippen MR) is 145 cm³/mol. The smallest absolute Gasteiger partial charge is 0.294 e. The van der Waals surface area contributed by atoms with Crippen LogP contribution in [-0.4, -0.2) is 33.1 Å². The van der Waals surface area contributed by atoms with Gasteiger partial charge in [0.05, 0.1) is 4.91 Å². The van der Waals surface area contributed by atoms with Crippen LogP contribution in [0.25, 0.3) is 17.0 Å². The highest BCUT2D eigenvalue weighted by atomic mass is 35.5. The fourth-order valence-electron chi connectivity index (χ4n) is 3.96. The Bertz CT molecular complexity index is 1510. The van der Waals surface area contributed by atoms with Crippen LogP contribution in [0.3, 0.4) is 0 Å². The van der Waals surface area contributed by atoms with Gasteiger partial charge in [0.2, 0.25) is 5.91 Å². The van der Waals surface area contributed by atoms with Gasteiger partial charge in [-0.25, -0.2) is 0 Å². The van der Waals surface area contributed by atoms with E-state index in [1.165, 1.54) is 0 Å². The zero-order chi connectivity index (χ0) is 25.2. The molecular weight excluding hydrogens is 517 g/mol. The van der Waals surface area contributed by atoms with Gasteiger partial charge < -0.3 is 9.88 Å². The maximum absolute atomic E-state index is 13.0. The Kier molecular flexibility index (Phi) is 6.87. The molecule has 3 amide bonds. The summed E-state index contributed by atoms with van der Waals surface area (Å²) in [5, 5.41) is 4.36. The van der Waals surface area contributed by atoms with Crippen LogP contribution < -0.4 is 5.32 Å². The van der Waals surface area contributed by atoms with Crippen LogP contribution in [0.15, 0.2) is 83.9 Å². The Hall–Kier alpha value is -3.52. The molecule has 0 atom stereocenters. The highest BCUT2D eigenvalue weighted by Gasteiger charge is 2.36. The molecule has 1 aromatic heterocycles. The number of thioether (sulfide) groups is 1. The molecule has 4 aromatic rings. The van der Waals surface area contributed by atoms with E-state index in [9.17, 15) is 14.4 Å². The number of rotatable bonds is 6. The van der Waals surface area contributed by atoms with E-state index in [0.717, 1.165) is 38.7 Å². The number of aromatic nitrogens is 1. The minimum absolute atomic E-state index is 0.272. The normalized spacial score (nSPS) is 14.7. The van der Waals surface area contributed by atoms with Crippen molar-refractivity contribution in [3.8, 4) is 0 Å². The van der Waals surface area contributed by atoms with E-state index in [1.807, 2.05) is 54.7 Å². The second-order valence-electron chi connectivity index (χ2n) is 8.18. The number of hydrogen-bond donors (Lipinski definition) is 1. The first-order valence-electron chi connectivity index (χ1n) is 11.0. The molecule has 3 aromatic carbocycles. The van der Waals surface area contributed by atoms with E-state index in [1.54, 1.807) is 30.3 Å². The SMILES string of the molecule is O=C(CN1C(=O)S/C(=C\c2cn(Cc3ccc(Cl)cc3)c3ccccc23)C1=O)Nc1ccc(Cl)cc1. The molecular formula is C27H19Cl2N3O3S. The zero-order valence-electron chi connectivity index (χ0n) is 18.8. The Morgan fingerprint density at radius 3 is 2.31 bits per heavy atom. The first-order valence-corrected chi connectivity index (χ1v) is 12.6. The zero-order valence-corrected chi connectivity index (χ0v) is 21.1. The third-order valence-corrected chi connectivity index (χ3v) is 7.09. The van der Waals surface area contributed by atoms with Crippen LogP contribution in [0.5, 0.6) is 0 Å². The number of imide groups is 1. The number of halogens is 2. The Morgan fingerprint density at radius 1 is 0.917 bits per heavy atom. The van der Waals surface area contributed by atoms with Crippen LogP contribution in [0.1, 0.15) is 11.1 Å². The number of nitrogens with one attached hydrogen (secondary N) is 1. The summed E-state index contributed by atoms with van der Waals surface area (Å²) in [6.07, 6.45) is 3.67. The lowest BCUT2D eigenvalue weighted by atomic mass is 10.1. The molecule has 6 nitrogen and oxygen atoms in total.